The number of guanidine groups is 1. The van der Waals surface area contributed by atoms with Crippen molar-refractivity contribution in [1.29, 1.82) is 0 Å². The van der Waals surface area contributed by atoms with Gasteiger partial charge in [0.1, 0.15) is 0 Å². The summed E-state index contributed by atoms with van der Waals surface area (Å²) in [6.45, 7) is 12.4. The van der Waals surface area contributed by atoms with Crippen LogP contribution in [0.2, 0.25) is 0 Å². The van der Waals surface area contributed by atoms with Gasteiger partial charge in [-0.05, 0) is 45.4 Å². The van der Waals surface area contributed by atoms with Crippen LogP contribution in [0.25, 0.3) is 0 Å². The third-order valence-electron chi connectivity index (χ3n) is 5.63. The second kappa shape index (κ2) is 14.1. The first-order valence-corrected chi connectivity index (χ1v) is 11.7. The van der Waals surface area contributed by atoms with Crippen molar-refractivity contribution < 1.29 is 4.79 Å². The van der Waals surface area contributed by atoms with Crippen molar-refractivity contribution >= 4 is 41.5 Å². The Balaban J connectivity index is 0.00000385. The molecule has 0 spiro atoms. The van der Waals surface area contributed by atoms with E-state index in [0.29, 0.717) is 19.5 Å². The number of piperazine rings is 1. The molecule has 1 aliphatic heterocycles. The number of para-hydroxylation sites is 1. The second-order valence-corrected chi connectivity index (χ2v) is 8.14. The Morgan fingerprint density at radius 3 is 2.45 bits per heavy atom. The monoisotopic (exact) mass is 567 g/mol. The summed E-state index contributed by atoms with van der Waals surface area (Å²) in [5.74, 6) is 0.966. The molecule has 2 aromatic rings. The molecule has 1 aromatic heterocycles. The van der Waals surface area contributed by atoms with Gasteiger partial charge >= 0.3 is 0 Å². The van der Waals surface area contributed by atoms with E-state index in [9.17, 15) is 4.79 Å². The number of aryl methyl sites for hydroxylation is 3. The van der Waals surface area contributed by atoms with Crippen LogP contribution < -0.4 is 15.5 Å². The molecular weight excluding hydrogens is 529 g/mol. The number of aliphatic imine (C=N–C) groups is 1. The Kier molecular flexibility index (Phi) is 11.5. The predicted molar refractivity (Wildman–Crippen MR) is 146 cm³/mol. The number of carbonyl (C=O) groups excluding carboxylic acids is 1. The van der Waals surface area contributed by atoms with Crippen molar-refractivity contribution in [3.05, 3.63) is 47.8 Å². The zero-order chi connectivity index (χ0) is 22.8. The Bertz CT molecular complexity index is 876. The number of amides is 1. The lowest BCUT2D eigenvalue weighted by Gasteiger charge is -2.36. The molecule has 0 radical (unpaired) electrons. The van der Waals surface area contributed by atoms with Crippen molar-refractivity contribution in [3.63, 3.8) is 0 Å². The van der Waals surface area contributed by atoms with Gasteiger partial charge in [-0.3, -0.25) is 14.5 Å². The number of benzene rings is 1. The van der Waals surface area contributed by atoms with Crippen LogP contribution in [0.3, 0.4) is 0 Å². The van der Waals surface area contributed by atoms with Gasteiger partial charge in [-0.1, -0.05) is 18.2 Å². The number of hydrogen-bond acceptors (Lipinski definition) is 4. The highest BCUT2D eigenvalue weighted by Gasteiger charge is 2.20. The highest BCUT2D eigenvalue weighted by atomic mass is 127. The maximum Gasteiger partial charge on any atom is 0.224 e. The maximum atomic E-state index is 12.6. The highest BCUT2D eigenvalue weighted by Crippen LogP contribution is 2.15. The largest absolute Gasteiger partial charge is 0.368 e. The SMILES string of the molecule is CCNC(=NCCCn1nc(C)cc1C)NCCC(=O)N1CCN(c2ccccc2)CC1.I. The molecule has 2 heterocycles. The van der Waals surface area contributed by atoms with Crippen molar-refractivity contribution in [2.24, 2.45) is 4.99 Å². The molecular formula is C24H38IN7O. The standard InChI is InChI=1S/C24H37N7O.HI/c1-4-25-24(26-12-8-14-31-21(3)19-20(2)28-31)27-13-11-23(32)30-17-15-29(16-18-30)22-9-6-5-7-10-22;/h5-7,9-10,19H,4,8,11-18H2,1-3H3,(H2,25,26,27);1H. The molecule has 1 saturated heterocycles. The Morgan fingerprint density at radius 1 is 1.09 bits per heavy atom. The number of anilines is 1. The van der Waals surface area contributed by atoms with Crippen LogP contribution in [0.5, 0.6) is 0 Å². The number of halogens is 1. The van der Waals surface area contributed by atoms with Gasteiger partial charge in [0.25, 0.3) is 0 Å². The van der Waals surface area contributed by atoms with Gasteiger partial charge in [-0.15, -0.1) is 24.0 Å². The van der Waals surface area contributed by atoms with Crippen LogP contribution in [0, 0.1) is 13.8 Å². The van der Waals surface area contributed by atoms with Gasteiger partial charge in [0.15, 0.2) is 5.96 Å². The van der Waals surface area contributed by atoms with Crippen molar-refractivity contribution in [3.8, 4) is 0 Å². The predicted octanol–water partition coefficient (Wildman–Crippen LogP) is 2.80. The smallest absolute Gasteiger partial charge is 0.224 e. The average Bonchev–Trinajstić information content (AvgIpc) is 3.14. The number of rotatable bonds is 9. The summed E-state index contributed by atoms with van der Waals surface area (Å²) in [7, 11) is 0. The molecule has 1 aromatic carbocycles. The van der Waals surface area contributed by atoms with E-state index in [1.807, 2.05) is 29.5 Å². The molecule has 182 valence electrons. The molecule has 1 aliphatic rings. The van der Waals surface area contributed by atoms with E-state index < -0.39 is 0 Å². The van der Waals surface area contributed by atoms with E-state index in [-0.39, 0.29) is 29.9 Å². The topological polar surface area (TPSA) is 77.8 Å². The first-order valence-electron chi connectivity index (χ1n) is 11.7. The second-order valence-electron chi connectivity index (χ2n) is 8.14. The lowest BCUT2D eigenvalue weighted by Crippen LogP contribution is -2.49. The average molecular weight is 568 g/mol. The number of aromatic nitrogens is 2. The molecule has 0 atom stereocenters. The molecule has 3 rings (SSSR count). The lowest BCUT2D eigenvalue weighted by molar-refractivity contribution is -0.131. The molecule has 9 heteroatoms. The highest BCUT2D eigenvalue weighted by molar-refractivity contribution is 14.0. The third-order valence-corrected chi connectivity index (χ3v) is 5.63. The number of nitrogens with one attached hydrogen (secondary N) is 2. The van der Waals surface area contributed by atoms with E-state index in [1.54, 1.807) is 0 Å². The summed E-state index contributed by atoms with van der Waals surface area (Å²) in [5, 5.41) is 11.0. The third kappa shape index (κ3) is 8.53. The van der Waals surface area contributed by atoms with E-state index in [1.165, 1.54) is 11.4 Å². The number of hydrogen-bond donors (Lipinski definition) is 2. The summed E-state index contributed by atoms with van der Waals surface area (Å²) in [5.41, 5.74) is 3.46. The molecule has 33 heavy (non-hydrogen) atoms. The van der Waals surface area contributed by atoms with Gasteiger partial charge in [0, 0.05) is 70.2 Å². The van der Waals surface area contributed by atoms with Crippen LogP contribution in [0.1, 0.15) is 31.2 Å². The minimum atomic E-state index is 0. The molecule has 8 nitrogen and oxygen atoms in total. The van der Waals surface area contributed by atoms with Crippen molar-refractivity contribution in [1.82, 2.24) is 25.3 Å². The normalized spacial score (nSPS) is 14.1. The zero-order valence-electron chi connectivity index (χ0n) is 20.1. The molecule has 0 bridgehead atoms. The van der Waals surface area contributed by atoms with Gasteiger partial charge in [0.2, 0.25) is 5.91 Å². The van der Waals surface area contributed by atoms with Crippen LogP contribution in [0.4, 0.5) is 5.69 Å². The zero-order valence-corrected chi connectivity index (χ0v) is 22.4. The molecule has 0 saturated carbocycles. The van der Waals surface area contributed by atoms with E-state index >= 15 is 0 Å². The quantitative estimate of drug-likeness (QED) is 0.211. The van der Waals surface area contributed by atoms with Crippen LogP contribution in [0.15, 0.2) is 41.4 Å². The van der Waals surface area contributed by atoms with Gasteiger partial charge < -0.3 is 20.4 Å². The molecule has 2 N–H and O–H groups in total. The minimum Gasteiger partial charge on any atom is -0.368 e. The van der Waals surface area contributed by atoms with Gasteiger partial charge in [-0.25, -0.2) is 0 Å². The number of nitrogens with zero attached hydrogens (tertiary/aromatic N) is 5. The summed E-state index contributed by atoms with van der Waals surface area (Å²) < 4.78 is 2.03. The van der Waals surface area contributed by atoms with E-state index in [2.05, 4.69) is 62.9 Å². The fraction of sp³-hybridized carbons (Fsp3) is 0.542. The Labute approximate surface area is 214 Å². The first kappa shape index (κ1) is 26.9. The summed E-state index contributed by atoms with van der Waals surface area (Å²) in [6, 6.07) is 12.5. The Morgan fingerprint density at radius 2 is 1.82 bits per heavy atom. The molecule has 0 aliphatic carbocycles. The molecule has 0 unspecified atom stereocenters. The van der Waals surface area contributed by atoms with Gasteiger partial charge in [-0.2, -0.15) is 5.10 Å². The fourth-order valence-electron chi connectivity index (χ4n) is 3.95. The number of carbonyl (C=O) groups is 1. The van der Waals surface area contributed by atoms with Crippen LogP contribution in [-0.4, -0.2) is 72.4 Å². The van der Waals surface area contributed by atoms with Crippen LogP contribution in [-0.2, 0) is 11.3 Å². The minimum absolute atomic E-state index is 0. The first-order chi connectivity index (χ1) is 15.6. The van der Waals surface area contributed by atoms with Crippen molar-refractivity contribution in [2.45, 2.75) is 40.2 Å². The summed E-state index contributed by atoms with van der Waals surface area (Å²) in [6.07, 6.45) is 1.39. The van der Waals surface area contributed by atoms with Gasteiger partial charge in [0.05, 0.1) is 5.69 Å². The van der Waals surface area contributed by atoms with Crippen LogP contribution >= 0.6 is 24.0 Å². The summed E-state index contributed by atoms with van der Waals surface area (Å²) in [4.78, 5) is 21.6. The fourth-order valence-corrected chi connectivity index (χ4v) is 3.95. The molecule has 1 fully saturated rings. The van der Waals surface area contributed by atoms with Crippen molar-refractivity contribution in [2.75, 3.05) is 50.7 Å². The Hall–Kier alpha value is -2.30. The maximum absolute atomic E-state index is 12.6. The van der Waals surface area contributed by atoms with E-state index in [4.69, 9.17) is 0 Å². The summed E-state index contributed by atoms with van der Waals surface area (Å²) >= 11 is 0. The van der Waals surface area contributed by atoms with E-state index in [0.717, 1.165) is 57.3 Å². The lowest BCUT2D eigenvalue weighted by atomic mass is 10.2. The molecule has 1 amide bonds.